The van der Waals surface area contributed by atoms with E-state index in [-0.39, 0.29) is 12.1 Å². The molecule has 3 rings (SSSR count). The number of nitrogens with zero attached hydrogens (tertiary/aromatic N) is 2. The molecule has 2 aromatic carbocycles. The maximum atomic E-state index is 13.6. The predicted molar refractivity (Wildman–Crippen MR) is 86.6 cm³/mol. The van der Waals surface area contributed by atoms with Crippen molar-refractivity contribution in [2.45, 2.75) is 12.6 Å². The van der Waals surface area contributed by atoms with E-state index in [2.05, 4.69) is 10.4 Å². The second-order valence-electron chi connectivity index (χ2n) is 5.40. The molecule has 1 atom stereocenters. The summed E-state index contributed by atoms with van der Waals surface area (Å²) in [6.45, 7) is 0.533. The molecule has 0 aliphatic carbocycles. The molecule has 0 amide bonds. The fraction of sp³-hybridized carbons (Fsp3) is 0.167. The summed E-state index contributed by atoms with van der Waals surface area (Å²) in [6.07, 6.45) is 2.32. The lowest BCUT2D eigenvalue weighted by Crippen LogP contribution is -2.22. The van der Waals surface area contributed by atoms with Crippen LogP contribution in [0.25, 0.3) is 5.69 Å². The topological polar surface area (TPSA) is 50.1 Å². The minimum absolute atomic E-state index is 0.0543. The van der Waals surface area contributed by atoms with Crippen molar-refractivity contribution in [2.24, 2.45) is 0 Å². The van der Waals surface area contributed by atoms with Gasteiger partial charge in [0.05, 0.1) is 17.4 Å². The molecular weight excluding hydrogens is 312 g/mol. The van der Waals surface area contributed by atoms with Gasteiger partial charge in [0, 0.05) is 25.5 Å². The van der Waals surface area contributed by atoms with Crippen molar-refractivity contribution in [1.29, 1.82) is 0 Å². The molecule has 0 bridgehead atoms. The fourth-order valence-electron chi connectivity index (χ4n) is 2.47. The van der Waals surface area contributed by atoms with E-state index in [1.165, 1.54) is 6.07 Å². The second-order valence-corrected chi connectivity index (χ2v) is 5.40. The number of aliphatic hydroxyl groups excluding tert-OH is 1. The Bertz CT molecular complexity index is 768. The Labute approximate surface area is 138 Å². The zero-order valence-corrected chi connectivity index (χ0v) is 12.9. The quantitative estimate of drug-likeness (QED) is 0.731. The van der Waals surface area contributed by atoms with Gasteiger partial charge in [-0.1, -0.05) is 18.2 Å². The van der Waals surface area contributed by atoms with Crippen LogP contribution in [0, 0.1) is 11.6 Å². The molecule has 124 valence electrons. The van der Waals surface area contributed by atoms with Gasteiger partial charge in [0.15, 0.2) is 0 Å². The van der Waals surface area contributed by atoms with Gasteiger partial charge in [0.2, 0.25) is 0 Å². The fourth-order valence-corrected chi connectivity index (χ4v) is 2.47. The van der Waals surface area contributed by atoms with Crippen LogP contribution in [0.3, 0.4) is 0 Å². The minimum Gasteiger partial charge on any atom is -0.387 e. The summed E-state index contributed by atoms with van der Waals surface area (Å²) in [5.74, 6) is -1.49. The summed E-state index contributed by atoms with van der Waals surface area (Å²) < 4.78 is 28.9. The molecule has 0 saturated heterocycles. The molecule has 1 heterocycles. The molecule has 3 aromatic rings. The summed E-state index contributed by atoms with van der Waals surface area (Å²) in [5.41, 5.74) is 1.63. The highest BCUT2D eigenvalue weighted by atomic mass is 19.1. The second kappa shape index (κ2) is 7.33. The highest BCUT2D eigenvalue weighted by Gasteiger charge is 2.17. The Hall–Kier alpha value is -2.57. The molecule has 0 radical (unpaired) electrons. The van der Waals surface area contributed by atoms with E-state index in [0.717, 1.165) is 23.4 Å². The first-order valence-corrected chi connectivity index (χ1v) is 7.57. The van der Waals surface area contributed by atoms with Crippen LogP contribution in [0.2, 0.25) is 0 Å². The van der Waals surface area contributed by atoms with E-state index in [0.29, 0.717) is 6.54 Å². The van der Waals surface area contributed by atoms with E-state index >= 15 is 0 Å². The van der Waals surface area contributed by atoms with Crippen molar-refractivity contribution in [3.63, 3.8) is 0 Å². The van der Waals surface area contributed by atoms with Gasteiger partial charge < -0.3 is 10.4 Å². The molecule has 6 heteroatoms. The average molecular weight is 329 g/mol. The molecule has 0 aliphatic heterocycles. The largest absolute Gasteiger partial charge is 0.387 e. The van der Waals surface area contributed by atoms with Crippen molar-refractivity contribution in [3.05, 3.63) is 83.7 Å². The number of halogens is 2. The Morgan fingerprint density at radius 2 is 1.75 bits per heavy atom. The Kier molecular flexibility index (Phi) is 4.98. The molecule has 0 aliphatic rings. The molecule has 24 heavy (non-hydrogen) atoms. The van der Waals surface area contributed by atoms with Gasteiger partial charge in [-0.05, 0) is 35.9 Å². The molecule has 1 unspecified atom stereocenters. The normalized spacial score (nSPS) is 12.3. The SMILES string of the molecule is OC(CNCc1ccc(-n2cccn2)cc1)c1c(F)cccc1F. The summed E-state index contributed by atoms with van der Waals surface area (Å²) in [6, 6.07) is 13.1. The van der Waals surface area contributed by atoms with E-state index in [4.69, 9.17) is 0 Å². The Balaban J connectivity index is 1.56. The lowest BCUT2D eigenvalue weighted by atomic mass is 10.1. The highest BCUT2D eigenvalue weighted by Crippen LogP contribution is 2.20. The van der Waals surface area contributed by atoms with Crippen LogP contribution in [-0.4, -0.2) is 21.4 Å². The molecule has 0 spiro atoms. The number of nitrogens with one attached hydrogen (secondary N) is 1. The van der Waals surface area contributed by atoms with Crippen molar-refractivity contribution in [1.82, 2.24) is 15.1 Å². The molecule has 4 nitrogen and oxygen atoms in total. The summed E-state index contributed by atoms with van der Waals surface area (Å²) in [7, 11) is 0. The van der Waals surface area contributed by atoms with Gasteiger partial charge in [-0.3, -0.25) is 0 Å². The van der Waals surface area contributed by atoms with E-state index in [1.807, 2.05) is 36.5 Å². The average Bonchev–Trinajstić information content (AvgIpc) is 3.10. The monoisotopic (exact) mass is 329 g/mol. The summed E-state index contributed by atoms with van der Waals surface area (Å²) in [4.78, 5) is 0. The Morgan fingerprint density at radius 3 is 2.38 bits per heavy atom. The molecule has 0 fully saturated rings. The predicted octanol–water partition coefficient (Wildman–Crippen LogP) is 2.97. The maximum Gasteiger partial charge on any atom is 0.131 e. The zero-order chi connectivity index (χ0) is 16.9. The zero-order valence-electron chi connectivity index (χ0n) is 12.9. The van der Waals surface area contributed by atoms with Gasteiger partial charge >= 0.3 is 0 Å². The number of benzene rings is 2. The summed E-state index contributed by atoms with van der Waals surface area (Å²) in [5, 5.41) is 17.1. The van der Waals surface area contributed by atoms with Gasteiger partial charge in [-0.15, -0.1) is 0 Å². The third-order valence-corrected chi connectivity index (χ3v) is 3.71. The third-order valence-electron chi connectivity index (χ3n) is 3.71. The summed E-state index contributed by atoms with van der Waals surface area (Å²) >= 11 is 0. The van der Waals surface area contributed by atoms with Crippen LogP contribution in [-0.2, 0) is 6.54 Å². The number of hydrogen-bond acceptors (Lipinski definition) is 3. The van der Waals surface area contributed by atoms with Gasteiger partial charge in [-0.2, -0.15) is 5.10 Å². The van der Waals surface area contributed by atoms with Crippen LogP contribution < -0.4 is 5.32 Å². The smallest absolute Gasteiger partial charge is 0.131 e. The van der Waals surface area contributed by atoms with E-state index < -0.39 is 17.7 Å². The Morgan fingerprint density at radius 1 is 1.04 bits per heavy atom. The number of hydrogen-bond donors (Lipinski definition) is 2. The van der Waals surface area contributed by atoms with Crippen molar-refractivity contribution >= 4 is 0 Å². The van der Waals surface area contributed by atoms with Crippen molar-refractivity contribution in [2.75, 3.05) is 6.54 Å². The van der Waals surface area contributed by atoms with Crippen molar-refractivity contribution in [3.8, 4) is 5.69 Å². The van der Waals surface area contributed by atoms with Crippen LogP contribution in [0.4, 0.5) is 8.78 Å². The minimum atomic E-state index is -1.24. The van der Waals surface area contributed by atoms with Crippen molar-refractivity contribution < 1.29 is 13.9 Å². The molecule has 2 N–H and O–H groups in total. The first kappa shape index (κ1) is 16.3. The van der Waals surface area contributed by atoms with Crippen LogP contribution >= 0.6 is 0 Å². The first-order chi connectivity index (χ1) is 11.6. The number of aromatic nitrogens is 2. The van der Waals surface area contributed by atoms with E-state index in [9.17, 15) is 13.9 Å². The van der Waals surface area contributed by atoms with Gasteiger partial charge in [-0.25, -0.2) is 13.5 Å². The lowest BCUT2D eigenvalue weighted by Gasteiger charge is -2.14. The van der Waals surface area contributed by atoms with Gasteiger partial charge in [0.1, 0.15) is 11.6 Å². The van der Waals surface area contributed by atoms with Gasteiger partial charge in [0.25, 0.3) is 0 Å². The molecule has 0 saturated carbocycles. The van der Waals surface area contributed by atoms with Crippen LogP contribution in [0.5, 0.6) is 0 Å². The lowest BCUT2D eigenvalue weighted by molar-refractivity contribution is 0.164. The van der Waals surface area contributed by atoms with E-state index in [1.54, 1.807) is 10.9 Å². The number of aliphatic hydroxyl groups is 1. The third kappa shape index (κ3) is 3.67. The maximum absolute atomic E-state index is 13.6. The van der Waals surface area contributed by atoms with Crippen LogP contribution in [0.1, 0.15) is 17.2 Å². The number of rotatable bonds is 6. The molecular formula is C18H17F2N3O. The van der Waals surface area contributed by atoms with Crippen LogP contribution in [0.15, 0.2) is 60.9 Å². The highest BCUT2D eigenvalue weighted by molar-refractivity contribution is 5.33. The first-order valence-electron chi connectivity index (χ1n) is 7.57. The molecule has 1 aromatic heterocycles. The standard InChI is InChI=1S/C18H17F2N3O/c19-15-3-1-4-16(20)18(15)17(24)12-21-11-13-5-7-14(8-6-13)23-10-2-9-22-23/h1-10,17,21,24H,11-12H2.